The molecule has 10 N–H and O–H groups in total. The molecule has 40 heteroatoms. The number of H-pyrrole nitrogens is 1. The molecule has 16 rings (SSSR count). The third-order valence-electron chi connectivity index (χ3n) is 19.8. The Balaban J connectivity index is 0.000000170. The molecule has 0 bridgehead atoms. The Kier molecular flexibility index (Phi) is 34.5. The average Bonchev–Trinajstić information content (AvgIpc) is 1.61. The van der Waals surface area contributed by atoms with E-state index in [4.69, 9.17) is 32.2 Å². The van der Waals surface area contributed by atoms with Gasteiger partial charge in [-0.15, -0.1) is 35.1 Å². The summed E-state index contributed by atoms with van der Waals surface area (Å²) in [5, 5.41) is 31.2. The van der Waals surface area contributed by atoms with Crippen LogP contribution < -0.4 is 54.1 Å². The van der Waals surface area contributed by atoms with Gasteiger partial charge in [-0.25, -0.2) is 47.5 Å². The number of carbonyl (C=O) groups excluding carboxylic acids is 5. The summed E-state index contributed by atoms with van der Waals surface area (Å²) in [4.78, 5) is 115. The van der Waals surface area contributed by atoms with Crippen LogP contribution in [0, 0.1) is 57.6 Å². The molecule has 5 aliphatic heterocycles. The van der Waals surface area contributed by atoms with Crippen LogP contribution in [0.4, 0.5) is 49.5 Å². The number of benzene rings is 6. The molecular weight excluding hydrogens is 1760 g/mol. The molecule has 0 spiro atoms. The Labute approximate surface area is 750 Å². The van der Waals surface area contributed by atoms with E-state index in [0.29, 0.717) is 93.1 Å². The number of aliphatic hydroxyl groups excluding tert-OH is 1. The van der Waals surface area contributed by atoms with E-state index in [0.717, 1.165) is 87.6 Å². The van der Waals surface area contributed by atoms with Crippen molar-refractivity contribution in [1.29, 1.82) is 5.41 Å². The monoisotopic (exact) mass is 1850 g/mol. The lowest BCUT2D eigenvalue weighted by Crippen LogP contribution is -2.49. The van der Waals surface area contributed by atoms with Crippen LogP contribution in [-0.4, -0.2) is 128 Å². The number of aromatic amines is 1. The van der Waals surface area contributed by atoms with E-state index < -0.39 is 69.0 Å². The van der Waals surface area contributed by atoms with Crippen LogP contribution >= 0.6 is 46.7 Å². The van der Waals surface area contributed by atoms with Crippen molar-refractivity contribution in [3.05, 3.63) is 298 Å². The fraction of sp³-hybridized carbons (Fsp3) is 0.352. The highest BCUT2D eigenvalue weighted by atomic mass is 35.5. The van der Waals surface area contributed by atoms with E-state index in [2.05, 4.69) is 89.9 Å². The van der Waals surface area contributed by atoms with Gasteiger partial charge in [0.15, 0.2) is 0 Å². The van der Waals surface area contributed by atoms with Gasteiger partial charge in [0.1, 0.15) is 56.0 Å². The number of rotatable bonds is 12. The number of alkyl halides is 7. The number of aliphatic hydroxyl groups is 1. The van der Waals surface area contributed by atoms with Crippen molar-refractivity contribution in [3.8, 4) is 5.75 Å². The van der Waals surface area contributed by atoms with Crippen molar-refractivity contribution in [2.75, 3.05) is 26.2 Å². The number of hydrogen-bond acceptors (Lipinski definition) is 21. The highest BCUT2D eigenvalue weighted by Gasteiger charge is 2.42. The molecule has 1 saturated carbocycles. The van der Waals surface area contributed by atoms with Gasteiger partial charge in [-0.3, -0.25) is 44.2 Å². The van der Waals surface area contributed by atoms with Crippen molar-refractivity contribution in [2.24, 2.45) is 16.6 Å². The van der Waals surface area contributed by atoms with Gasteiger partial charge in [0.2, 0.25) is 5.62 Å². The lowest BCUT2D eigenvalue weighted by Gasteiger charge is -2.33. The number of aromatic nitrogens is 6. The quantitative estimate of drug-likeness (QED) is 0.0137. The molecule has 4 atom stereocenters. The molecule has 0 radical (unpaired) electrons. The highest BCUT2D eigenvalue weighted by Crippen LogP contribution is 2.39. The zero-order valence-corrected chi connectivity index (χ0v) is 74.5. The number of hydrogen-bond donors (Lipinski definition) is 9. The number of halogens is 10. The molecular formula is C88H97Cl2F8N17O11S2. The zero-order valence-electron chi connectivity index (χ0n) is 71.3. The average molecular weight is 1860 g/mol. The normalized spacial score (nSPS) is 16.5. The number of carbonyl (C=O) groups is 5. The minimum Gasteiger partial charge on any atom is -0.493 e. The van der Waals surface area contributed by atoms with Crippen LogP contribution in [0.2, 0.25) is 0 Å². The van der Waals surface area contributed by atoms with Gasteiger partial charge in [0.25, 0.3) is 11.8 Å². The SMILES string of the molecule is CC(=N)NC(=O)NCc1ccc(F)cc1.CC(C)(C)OC(=O)N1Cc2ccc(OCC3CC3)cc2C(O)C1.CC1=NC(Cl)NC(=O)N1Cc1ccc(C(F)(F)F)s1.Cc1ccc2c(c1)C(N)CNC2.Cc1ccc2c(c1)C(N1C(=O)c3ccccc3C1=O)CNC2.Cc1nc(=O)[nH]c(=O)n1Cc1ccc(C(F)(F)F)s1.Cc1nc(C)n(Cc2ccc(F)cc2)c(=O)n1.Cl. The topological polar surface area (TPSA) is 372 Å². The minimum absolute atomic E-state index is 0. The predicted molar refractivity (Wildman–Crippen MR) is 471 cm³/mol. The number of aryl methyl sites for hydroxylation is 5. The second kappa shape index (κ2) is 44.2. The third kappa shape index (κ3) is 28.5. The number of amides is 7. The minimum atomic E-state index is -4.40. The predicted octanol–water partition coefficient (Wildman–Crippen LogP) is 14.9. The van der Waals surface area contributed by atoms with E-state index in [1.807, 2.05) is 50.9 Å². The van der Waals surface area contributed by atoms with Crippen molar-refractivity contribution >= 4 is 88.3 Å². The van der Waals surface area contributed by atoms with Crippen LogP contribution in [0.25, 0.3) is 0 Å². The Morgan fingerprint density at radius 3 is 1.74 bits per heavy atom. The maximum Gasteiger partial charge on any atom is 0.425 e. The van der Waals surface area contributed by atoms with E-state index in [1.165, 1.54) is 94.1 Å². The van der Waals surface area contributed by atoms with E-state index in [9.17, 15) is 78.6 Å². The largest absolute Gasteiger partial charge is 0.493 e. The van der Waals surface area contributed by atoms with Gasteiger partial charge in [0, 0.05) is 55.1 Å². The molecule has 1 aliphatic carbocycles. The summed E-state index contributed by atoms with van der Waals surface area (Å²) in [6, 6.07) is 41.0. The van der Waals surface area contributed by atoms with Crippen LogP contribution in [0.15, 0.2) is 171 Å². The first-order chi connectivity index (χ1) is 59.9. The summed E-state index contributed by atoms with van der Waals surface area (Å²) in [7, 11) is 0. The molecule has 1 fully saturated rings. The number of amidine groups is 2. The fourth-order valence-corrected chi connectivity index (χ4v) is 15.3. The van der Waals surface area contributed by atoms with E-state index in [1.54, 1.807) is 74.2 Å². The number of nitrogens with one attached hydrogen (secondary N) is 7. The number of thiophene rings is 2. The number of aliphatic imine (C=N–C) groups is 1. The smallest absolute Gasteiger partial charge is 0.425 e. The lowest BCUT2D eigenvalue weighted by atomic mass is 9.94. The fourth-order valence-electron chi connectivity index (χ4n) is 13.4. The Hall–Kier alpha value is -11.9. The summed E-state index contributed by atoms with van der Waals surface area (Å²) in [5.41, 5.74) is 14.5. The van der Waals surface area contributed by atoms with Gasteiger partial charge in [0.05, 0.1) is 61.9 Å². The van der Waals surface area contributed by atoms with Crippen molar-refractivity contribution in [3.63, 3.8) is 0 Å². The molecule has 10 aromatic rings. The molecule has 7 amide bonds. The number of nitrogens with zero attached hydrogens (tertiary/aromatic N) is 9. The second-order valence-electron chi connectivity index (χ2n) is 31.2. The summed E-state index contributed by atoms with van der Waals surface area (Å²) in [5.74, 6) is 2.15. The van der Waals surface area contributed by atoms with Crippen molar-refractivity contribution in [1.82, 2.24) is 70.4 Å². The first kappa shape index (κ1) is 99.9. The van der Waals surface area contributed by atoms with Gasteiger partial charge in [-0.1, -0.05) is 102 Å². The molecule has 0 saturated heterocycles. The first-order valence-corrected chi connectivity index (χ1v) is 42.0. The van der Waals surface area contributed by atoms with Crippen LogP contribution in [0.5, 0.6) is 5.75 Å². The standard InChI is InChI=1S/C18H16N2O2.C18H25NO4.C12H12FN3O.C10H9ClF3N3OS.C10H8F3N3O2S.C10H12FN3O.C10H14N2.ClH/c1-11-6-7-12-9-19-10-16(15(12)8-11)20-17(21)13-4-2-3-5-14(13)18(20)22;1-18(2,3)23-17(21)19-9-13-6-7-14(22-11-12-4-5-12)8-15(13)16(20)10-19;1-8-14-9(2)16(12(17)15-8)7-10-3-5-11(13)6-4-10;1-5-15-8(11)16-9(18)17(5)4-6-2-3-7(19-6)10(12,13)14;1-5-14-8(17)15-9(18)16(5)4-6-2-3-7(19-6)10(11,12)13;1-7(12)14-10(15)13-6-8-2-4-9(11)5-3-8;1-7-2-3-8-5-12-6-10(11)9(8)4-7;/h2-8,16,19H,9-10H2,1H3;6-8,12,16,20H,4-5,9-11H2,1-3H3;3-6H,7H2,1-2H3;2-3,8H,4H2,1H3,(H,16,18);2-3H,4H2,1H3,(H,15,17,18);2-5H,6H2,1H3,(H3,12,13,14,15);2-4,10,12H,5-6,11H2,1H3;1H. The molecule has 6 aromatic carbocycles. The van der Waals surface area contributed by atoms with Crippen molar-refractivity contribution in [2.45, 2.75) is 170 Å². The summed E-state index contributed by atoms with van der Waals surface area (Å²) < 4.78 is 114. The maximum atomic E-state index is 12.7. The van der Waals surface area contributed by atoms with Gasteiger partial charge in [-0.2, -0.15) is 36.3 Å². The van der Waals surface area contributed by atoms with Gasteiger partial charge < -0.3 is 46.5 Å². The Bertz CT molecular complexity index is 5810. The number of nitrogens with two attached hydrogens (primary N) is 1. The van der Waals surface area contributed by atoms with Gasteiger partial charge >= 0.3 is 47.6 Å². The number of fused-ring (bicyclic) bond motifs is 4. The number of imide groups is 1. The van der Waals surface area contributed by atoms with E-state index in [-0.39, 0.29) is 84.9 Å². The molecule has 682 valence electrons. The maximum absolute atomic E-state index is 12.7. The number of ether oxygens (including phenoxy) is 2. The molecule has 28 nitrogen and oxygen atoms in total. The molecule has 9 heterocycles. The van der Waals surface area contributed by atoms with Crippen molar-refractivity contribution < 1.29 is 73.7 Å². The zero-order chi connectivity index (χ0) is 92.5. The van der Waals surface area contributed by atoms with Gasteiger partial charge in [-0.05, 0) is 205 Å². The molecule has 128 heavy (non-hydrogen) atoms. The van der Waals surface area contributed by atoms with Crippen LogP contribution in [-0.2, 0) is 62.9 Å². The summed E-state index contributed by atoms with van der Waals surface area (Å²) in [6.07, 6.45) is -7.37. The summed E-state index contributed by atoms with van der Waals surface area (Å²) >= 11 is 6.80. The molecule has 6 aliphatic rings. The molecule has 4 aromatic heterocycles. The highest BCUT2D eigenvalue weighted by molar-refractivity contribution is 7.12. The first-order valence-electron chi connectivity index (χ1n) is 39.9. The lowest BCUT2D eigenvalue weighted by molar-refractivity contribution is -0.135. The number of urea groups is 2. The van der Waals surface area contributed by atoms with Crippen LogP contribution in [0.1, 0.15) is 179 Å². The molecule has 4 unspecified atom stereocenters. The number of β-amino-alcohol motifs (C(OH)–C–C–N with tert-alkyl or cyclic N) is 1. The van der Waals surface area contributed by atoms with E-state index >= 15 is 0 Å². The summed E-state index contributed by atoms with van der Waals surface area (Å²) in [6.45, 7) is 22.9. The van der Waals surface area contributed by atoms with Crippen LogP contribution in [0.3, 0.4) is 0 Å². The second-order valence-corrected chi connectivity index (χ2v) is 34.0. The Morgan fingerprint density at radius 1 is 0.656 bits per heavy atom. The third-order valence-corrected chi connectivity index (χ3v) is 22.3. The Morgan fingerprint density at radius 2 is 1.20 bits per heavy atom.